The molecule has 1 aliphatic carbocycles. The largest absolute Gasteiger partial charge is 0.490 e. The monoisotopic (exact) mass is 489 g/mol. The van der Waals surface area contributed by atoms with Crippen LogP contribution in [0.25, 0.3) is 0 Å². The summed E-state index contributed by atoms with van der Waals surface area (Å²) in [5.74, 6) is -2.86. The van der Waals surface area contributed by atoms with E-state index in [9.17, 15) is 17.0 Å². The molecule has 0 radical (unpaired) electrons. The van der Waals surface area contributed by atoms with E-state index in [1.807, 2.05) is 0 Å². The molecule has 2 aliphatic rings. The third-order valence-electron chi connectivity index (χ3n) is 6.33. The molecule has 168 valence electrons. The maximum atomic E-state index is 15.2. The Morgan fingerprint density at radius 1 is 1.19 bits per heavy atom. The molecule has 1 saturated carbocycles. The van der Waals surface area contributed by atoms with Crippen molar-refractivity contribution in [3.63, 3.8) is 0 Å². The topological polar surface area (TPSA) is 72.5 Å². The SMILES string of the molecule is CS(=O)NCC1CCC[C@@]2(S(=O)(=O)c3ccc(Cl)cc3)c3c(F)ccc(F)c3OC[C@@H]12. The van der Waals surface area contributed by atoms with Crippen LogP contribution >= 0.6 is 11.6 Å². The highest BCUT2D eigenvalue weighted by molar-refractivity contribution is 7.92. The summed E-state index contributed by atoms with van der Waals surface area (Å²) in [7, 11) is -5.47. The van der Waals surface area contributed by atoms with Gasteiger partial charge in [-0.05, 0) is 55.2 Å². The molecule has 10 heteroatoms. The van der Waals surface area contributed by atoms with Gasteiger partial charge in [-0.25, -0.2) is 26.1 Å². The van der Waals surface area contributed by atoms with Gasteiger partial charge in [0.1, 0.15) is 10.6 Å². The minimum Gasteiger partial charge on any atom is -0.490 e. The van der Waals surface area contributed by atoms with Gasteiger partial charge in [-0.1, -0.05) is 18.0 Å². The quantitative estimate of drug-likeness (QED) is 0.689. The molecular weight excluding hydrogens is 468 g/mol. The Bertz CT molecular complexity index is 1130. The lowest BCUT2D eigenvalue weighted by Crippen LogP contribution is -2.55. The number of sulfone groups is 1. The number of ether oxygens (including phenoxy) is 1. The lowest BCUT2D eigenvalue weighted by atomic mass is 9.67. The molecule has 1 heterocycles. The summed E-state index contributed by atoms with van der Waals surface area (Å²) in [6.07, 6.45) is 2.76. The number of hydrogen-bond acceptors (Lipinski definition) is 4. The van der Waals surface area contributed by atoms with Crippen molar-refractivity contribution in [3.8, 4) is 5.75 Å². The second-order valence-corrected chi connectivity index (χ2v) is 11.8. The first kappa shape index (κ1) is 22.6. The van der Waals surface area contributed by atoms with Crippen LogP contribution < -0.4 is 9.46 Å². The molecule has 0 bridgehead atoms. The van der Waals surface area contributed by atoms with Crippen molar-refractivity contribution in [2.24, 2.45) is 11.8 Å². The van der Waals surface area contributed by atoms with Crippen LogP contribution in [0.3, 0.4) is 0 Å². The zero-order chi connectivity index (χ0) is 22.4. The van der Waals surface area contributed by atoms with E-state index < -0.39 is 43.1 Å². The molecule has 1 fully saturated rings. The molecule has 4 rings (SSSR count). The summed E-state index contributed by atoms with van der Waals surface area (Å²) in [6, 6.07) is 7.59. The minimum atomic E-state index is -4.17. The normalized spacial score (nSPS) is 26.5. The Kier molecular flexibility index (Phi) is 6.15. The van der Waals surface area contributed by atoms with Crippen molar-refractivity contribution in [2.45, 2.75) is 28.9 Å². The number of halogens is 3. The van der Waals surface area contributed by atoms with Crippen molar-refractivity contribution in [1.29, 1.82) is 0 Å². The Labute approximate surface area is 187 Å². The second-order valence-electron chi connectivity index (χ2n) is 7.95. The van der Waals surface area contributed by atoms with E-state index in [0.717, 1.165) is 12.1 Å². The molecule has 0 amide bonds. The van der Waals surface area contributed by atoms with Gasteiger partial charge < -0.3 is 4.74 Å². The number of benzene rings is 2. The number of hydrogen-bond donors (Lipinski definition) is 1. The lowest BCUT2D eigenvalue weighted by Gasteiger charge is -2.50. The van der Waals surface area contributed by atoms with Crippen LogP contribution in [-0.2, 0) is 25.6 Å². The van der Waals surface area contributed by atoms with Crippen molar-refractivity contribution in [3.05, 3.63) is 58.6 Å². The van der Waals surface area contributed by atoms with E-state index in [1.54, 1.807) is 0 Å². The molecule has 5 nitrogen and oxygen atoms in total. The van der Waals surface area contributed by atoms with E-state index in [4.69, 9.17) is 16.3 Å². The van der Waals surface area contributed by atoms with Gasteiger partial charge in [-0.15, -0.1) is 0 Å². The minimum absolute atomic E-state index is 0.00825. The van der Waals surface area contributed by atoms with E-state index in [-0.39, 0.29) is 41.7 Å². The molecular formula is C21H22ClF2NO4S2. The first-order chi connectivity index (χ1) is 14.7. The van der Waals surface area contributed by atoms with E-state index in [1.165, 1.54) is 30.5 Å². The lowest BCUT2D eigenvalue weighted by molar-refractivity contribution is 0.0772. The predicted molar refractivity (Wildman–Crippen MR) is 115 cm³/mol. The van der Waals surface area contributed by atoms with Crippen LogP contribution in [0.4, 0.5) is 8.78 Å². The van der Waals surface area contributed by atoms with Crippen LogP contribution in [0.2, 0.25) is 5.02 Å². The molecule has 0 aromatic heterocycles. The molecule has 0 spiro atoms. The van der Waals surface area contributed by atoms with Crippen LogP contribution in [-0.4, -0.2) is 32.0 Å². The summed E-state index contributed by atoms with van der Waals surface area (Å²) in [5.41, 5.74) is -0.249. The van der Waals surface area contributed by atoms with E-state index in [0.29, 0.717) is 17.9 Å². The summed E-state index contributed by atoms with van der Waals surface area (Å²) in [4.78, 5) is -0.00825. The molecule has 1 aliphatic heterocycles. The molecule has 2 unspecified atom stereocenters. The summed E-state index contributed by atoms with van der Waals surface area (Å²) >= 11 is 5.94. The standard InChI is InChI=1S/C21H22ClF2NO4S2/c1-30(26)25-11-13-3-2-10-21(31(27,28)15-6-4-14(22)5-7-15)16(13)12-29-20-18(24)9-8-17(23)19(20)21/h4-9,13,16,25H,2-3,10-12H2,1H3/t13?,16-,21-,30?/m0/s1. The fourth-order valence-electron chi connectivity index (χ4n) is 4.98. The Morgan fingerprint density at radius 2 is 1.87 bits per heavy atom. The summed E-state index contributed by atoms with van der Waals surface area (Å²) in [6.45, 7) is 0.199. The fraction of sp³-hybridized carbons (Fsp3) is 0.429. The highest BCUT2D eigenvalue weighted by Crippen LogP contribution is 2.57. The van der Waals surface area contributed by atoms with Crippen LogP contribution in [0, 0.1) is 23.5 Å². The highest BCUT2D eigenvalue weighted by Gasteiger charge is 2.60. The maximum absolute atomic E-state index is 15.2. The van der Waals surface area contributed by atoms with E-state index >= 15 is 4.39 Å². The Balaban J connectivity index is 1.96. The number of fused-ring (bicyclic) bond motifs is 3. The molecule has 1 N–H and O–H groups in total. The Morgan fingerprint density at radius 3 is 2.55 bits per heavy atom. The summed E-state index contributed by atoms with van der Waals surface area (Å²) < 4.78 is 76.4. The van der Waals surface area contributed by atoms with Crippen LogP contribution in [0.1, 0.15) is 24.8 Å². The first-order valence-corrected chi connectivity index (χ1v) is 13.3. The average Bonchev–Trinajstić information content (AvgIpc) is 2.74. The van der Waals surface area contributed by atoms with Gasteiger partial charge in [0.2, 0.25) is 0 Å². The zero-order valence-corrected chi connectivity index (χ0v) is 19.1. The maximum Gasteiger partial charge on any atom is 0.188 e. The van der Waals surface area contributed by atoms with Gasteiger partial charge in [0.05, 0.1) is 28.1 Å². The highest BCUT2D eigenvalue weighted by atomic mass is 35.5. The van der Waals surface area contributed by atoms with Gasteiger partial charge in [0.15, 0.2) is 21.4 Å². The first-order valence-electron chi connectivity index (χ1n) is 9.87. The fourth-order valence-corrected chi connectivity index (χ4v) is 8.00. The molecule has 2 aromatic rings. The second kappa shape index (κ2) is 8.42. The van der Waals surface area contributed by atoms with Gasteiger partial charge in [-0.3, -0.25) is 0 Å². The molecule has 31 heavy (non-hydrogen) atoms. The van der Waals surface area contributed by atoms with Crippen molar-refractivity contribution in [1.82, 2.24) is 4.72 Å². The molecule has 4 atom stereocenters. The molecule has 2 aromatic carbocycles. The van der Waals surface area contributed by atoms with Crippen LogP contribution in [0.15, 0.2) is 41.3 Å². The van der Waals surface area contributed by atoms with Gasteiger partial charge in [-0.2, -0.15) is 0 Å². The van der Waals surface area contributed by atoms with E-state index in [2.05, 4.69) is 4.72 Å². The summed E-state index contributed by atoms with van der Waals surface area (Å²) in [5, 5.41) is 0.369. The van der Waals surface area contributed by atoms with Gasteiger partial charge in [0, 0.05) is 23.7 Å². The van der Waals surface area contributed by atoms with Gasteiger partial charge >= 0.3 is 0 Å². The third-order valence-corrected chi connectivity index (χ3v) is 9.72. The van der Waals surface area contributed by atoms with Crippen molar-refractivity contribution >= 4 is 32.4 Å². The van der Waals surface area contributed by atoms with Crippen LogP contribution in [0.5, 0.6) is 5.75 Å². The smallest absolute Gasteiger partial charge is 0.188 e. The van der Waals surface area contributed by atoms with Crippen molar-refractivity contribution in [2.75, 3.05) is 19.4 Å². The van der Waals surface area contributed by atoms with Crippen molar-refractivity contribution < 1.29 is 26.1 Å². The predicted octanol–water partition coefficient (Wildman–Crippen LogP) is 3.98. The third kappa shape index (κ3) is 3.69. The average molecular weight is 490 g/mol. The number of rotatable bonds is 5. The Hall–Kier alpha value is -1.55. The van der Waals surface area contributed by atoms with Gasteiger partial charge in [0.25, 0.3) is 0 Å². The molecule has 0 saturated heterocycles. The number of nitrogens with one attached hydrogen (secondary N) is 1. The zero-order valence-electron chi connectivity index (χ0n) is 16.7.